The molecule has 0 saturated heterocycles. The Labute approximate surface area is 99.4 Å². The maximum absolute atomic E-state index is 11.6. The summed E-state index contributed by atoms with van der Waals surface area (Å²) in [5, 5.41) is 13.8. The second kappa shape index (κ2) is 6.28. The van der Waals surface area contributed by atoms with E-state index in [0.29, 0.717) is 11.1 Å². The first-order valence-electron chi connectivity index (χ1n) is 5.16. The van der Waals surface area contributed by atoms with Crippen LogP contribution in [0.3, 0.4) is 0 Å². The van der Waals surface area contributed by atoms with Gasteiger partial charge in [-0.05, 0) is 18.2 Å². The SMILES string of the molecule is CNC(=O)CCNC(=O)c1cccc(C#N)c1. The van der Waals surface area contributed by atoms with Crippen molar-refractivity contribution in [1.29, 1.82) is 5.26 Å². The Balaban J connectivity index is 2.53. The largest absolute Gasteiger partial charge is 0.359 e. The van der Waals surface area contributed by atoms with Crippen LogP contribution in [0, 0.1) is 11.3 Å². The fourth-order valence-corrected chi connectivity index (χ4v) is 1.25. The molecule has 0 radical (unpaired) electrons. The average Bonchev–Trinajstić information content (AvgIpc) is 2.38. The summed E-state index contributed by atoms with van der Waals surface area (Å²) >= 11 is 0. The third-order valence-electron chi connectivity index (χ3n) is 2.17. The number of carbonyl (C=O) groups is 2. The molecule has 0 aromatic heterocycles. The molecule has 0 heterocycles. The summed E-state index contributed by atoms with van der Waals surface area (Å²) < 4.78 is 0. The summed E-state index contributed by atoms with van der Waals surface area (Å²) in [6, 6.07) is 8.36. The van der Waals surface area contributed by atoms with Gasteiger partial charge >= 0.3 is 0 Å². The molecule has 0 atom stereocenters. The minimum absolute atomic E-state index is 0.129. The summed E-state index contributed by atoms with van der Waals surface area (Å²) in [6.07, 6.45) is 0.236. The number of rotatable bonds is 4. The molecule has 1 aromatic rings. The fraction of sp³-hybridized carbons (Fsp3) is 0.250. The van der Waals surface area contributed by atoms with Gasteiger partial charge in [0, 0.05) is 25.6 Å². The van der Waals surface area contributed by atoms with Gasteiger partial charge in [-0.15, -0.1) is 0 Å². The molecule has 1 rings (SSSR count). The highest BCUT2D eigenvalue weighted by Gasteiger charge is 2.06. The van der Waals surface area contributed by atoms with E-state index in [9.17, 15) is 9.59 Å². The normalized spacial score (nSPS) is 9.18. The highest BCUT2D eigenvalue weighted by molar-refractivity contribution is 5.94. The Bertz CT molecular complexity index is 463. The van der Waals surface area contributed by atoms with Crippen LogP contribution < -0.4 is 10.6 Å². The molecular formula is C12H13N3O2. The van der Waals surface area contributed by atoms with Gasteiger partial charge in [0.1, 0.15) is 0 Å². The number of carbonyl (C=O) groups excluding carboxylic acids is 2. The van der Waals surface area contributed by atoms with Gasteiger partial charge in [0.05, 0.1) is 11.6 Å². The van der Waals surface area contributed by atoms with Gasteiger partial charge in [-0.3, -0.25) is 9.59 Å². The van der Waals surface area contributed by atoms with E-state index in [1.165, 1.54) is 6.07 Å². The molecule has 88 valence electrons. The molecule has 0 saturated carbocycles. The van der Waals surface area contributed by atoms with Crippen LogP contribution in [0.2, 0.25) is 0 Å². The first kappa shape index (κ1) is 12.7. The molecule has 5 heteroatoms. The van der Waals surface area contributed by atoms with Crippen LogP contribution >= 0.6 is 0 Å². The Morgan fingerprint density at radius 1 is 1.41 bits per heavy atom. The Kier molecular flexibility index (Phi) is 4.70. The van der Waals surface area contributed by atoms with Crippen molar-refractivity contribution in [3.63, 3.8) is 0 Å². The van der Waals surface area contributed by atoms with E-state index in [2.05, 4.69) is 10.6 Å². The van der Waals surface area contributed by atoms with Gasteiger partial charge < -0.3 is 10.6 Å². The average molecular weight is 231 g/mol. The minimum atomic E-state index is -0.286. The van der Waals surface area contributed by atoms with Gasteiger partial charge in [0.15, 0.2) is 0 Å². The molecule has 1 aromatic carbocycles. The lowest BCUT2D eigenvalue weighted by Crippen LogP contribution is -2.29. The number of hydrogen-bond donors (Lipinski definition) is 2. The monoisotopic (exact) mass is 231 g/mol. The van der Waals surface area contributed by atoms with E-state index in [0.717, 1.165) is 0 Å². The van der Waals surface area contributed by atoms with Crippen molar-refractivity contribution in [2.24, 2.45) is 0 Å². The van der Waals surface area contributed by atoms with E-state index in [1.807, 2.05) is 6.07 Å². The number of nitrogens with zero attached hydrogens (tertiary/aromatic N) is 1. The van der Waals surface area contributed by atoms with Crippen molar-refractivity contribution in [2.75, 3.05) is 13.6 Å². The highest BCUT2D eigenvalue weighted by atomic mass is 16.2. The first-order valence-corrected chi connectivity index (χ1v) is 5.16. The van der Waals surface area contributed by atoms with Crippen molar-refractivity contribution in [2.45, 2.75) is 6.42 Å². The van der Waals surface area contributed by atoms with Crippen LogP contribution in [0.15, 0.2) is 24.3 Å². The summed E-state index contributed by atoms with van der Waals surface area (Å²) in [6.45, 7) is 0.273. The fourth-order valence-electron chi connectivity index (χ4n) is 1.25. The Morgan fingerprint density at radius 3 is 2.82 bits per heavy atom. The standard InChI is InChI=1S/C12H13N3O2/c1-14-11(16)5-6-15-12(17)10-4-2-3-9(7-10)8-13/h2-4,7H,5-6H2,1H3,(H,14,16)(H,15,17). The maximum Gasteiger partial charge on any atom is 0.251 e. The van der Waals surface area contributed by atoms with Gasteiger partial charge in [-0.2, -0.15) is 5.26 Å². The number of nitriles is 1. The molecule has 0 aliphatic carbocycles. The summed E-state index contributed by atoms with van der Waals surface area (Å²) in [5.74, 6) is -0.415. The molecular weight excluding hydrogens is 218 g/mol. The second-order valence-electron chi connectivity index (χ2n) is 3.37. The van der Waals surface area contributed by atoms with Crippen LogP contribution in [0.1, 0.15) is 22.3 Å². The van der Waals surface area contributed by atoms with Crippen LogP contribution in [-0.2, 0) is 4.79 Å². The van der Waals surface area contributed by atoms with Crippen molar-refractivity contribution < 1.29 is 9.59 Å². The third kappa shape index (κ3) is 3.95. The van der Waals surface area contributed by atoms with Gasteiger partial charge in [-0.1, -0.05) is 6.07 Å². The molecule has 0 aliphatic heterocycles. The molecule has 17 heavy (non-hydrogen) atoms. The van der Waals surface area contributed by atoms with Gasteiger partial charge in [0.25, 0.3) is 5.91 Å². The smallest absolute Gasteiger partial charge is 0.251 e. The molecule has 0 fully saturated rings. The number of benzene rings is 1. The summed E-state index contributed by atoms with van der Waals surface area (Å²) in [4.78, 5) is 22.6. The summed E-state index contributed by atoms with van der Waals surface area (Å²) in [7, 11) is 1.54. The molecule has 5 nitrogen and oxygen atoms in total. The number of hydrogen-bond acceptors (Lipinski definition) is 3. The van der Waals surface area contributed by atoms with E-state index in [4.69, 9.17) is 5.26 Å². The summed E-state index contributed by atoms with van der Waals surface area (Å²) in [5.41, 5.74) is 0.852. The zero-order valence-corrected chi connectivity index (χ0v) is 9.49. The predicted octanol–water partition coefficient (Wildman–Crippen LogP) is 0.424. The molecule has 0 spiro atoms. The zero-order chi connectivity index (χ0) is 12.7. The van der Waals surface area contributed by atoms with Crippen molar-refractivity contribution in [3.8, 4) is 6.07 Å². The Morgan fingerprint density at radius 2 is 2.18 bits per heavy atom. The van der Waals surface area contributed by atoms with Crippen LogP contribution in [0.4, 0.5) is 0 Å². The highest BCUT2D eigenvalue weighted by Crippen LogP contribution is 2.03. The van der Waals surface area contributed by atoms with Crippen LogP contribution in [-0.4, -0.2) is 25.4 Å². The lowest BCUT2D eigenvalue weighted by molar-refractivity contribution is -0.120. The van der Waals surface area contributed by atoms with Crippen LogP contribution in [0.25, 0.3) is 0 Å². The van der Waals surface area contributed by atoms with Gasteiger partial charge in [-0.25, -0.2) is 0 Å². The van der Waals surface area contributed by atoms with E-state index < -0.39 is 0 Å². The number of amides is 2. The topological polar surface area (TPSA) is 82.0 Å². The van der Waals surface area contributed by atoms with Gasteiger partial charge in [0.2, 0.25) is 5.91 Å². The second-order valence-corrected chi connectivity index (χ2v) is 3.37. The first-order chi connectivity index (χ1) is 8.17. The van der Waals surface area contributed by atoms with Crippen molar-refractivity contribution >= 4 is 11.8 Å². The molecule has 0 bridgehead atoms. The molecule has 0 aliphatic rings. The Hall–Kier alpha value is -2.35. The third-order valence-corrected chi connectivity index (χ3v) is 2.17. The number of nitrogens with one attached hydrogen (secondary N) is 2. The molecule has 2 N–H and O–H groups in total. The lowest BCUT2D eigenvalue weighted by atomic mass is 10.1. The van der Waals surface area contributed by atoms with Crippen molar-refractivity contribution in [1.82, 2.24) is 10.6 Å². The van der Waals surface area contributed by atoms with Crippen LogP contribution in [0.5, 0.6) is 0 Å². The van der Waals surface area contributed by atoms with E-state index in [1.54, 1.807) is 25.2 Å². The van der Waals surface area contributed by atoms with E-state index in [-0.39, 0.29) is 24.8 Å². The quantitative estimate of drug-likeness (QED) is 0.788. The maximum atomic E-state index is 11.6. The van der Waals surface area contributed by atoms with E-state index >= 15 is 0 Å². The van der Waals surface area contributed by atoms with Crippen molar-refractivity contribution in [3.05, 3.63) is 35.4 Å². The molecule has 2 amide bonds. The zero-order valence-electron chi connectivity index (χ0n) is 9.49. The predicted molar refractivity (Wildman–Crippen MR) is 62.2 cm³/mol. The molecule has 0 unspecified atom stereocenters. The lowest BCUT2D eigenvalue weighted by Gasteiger charge is -2.04. The minimum Gasteiger partial charge on any atom is -0.359 e.